The molecule has 2 saturated heterocycles. The Labute approximate surface area is 121 Å². The van der Waals surface area contributed by atoms with Crippen LogP contribution in [0.25, 0.3) is 0 Å². The van der Waals surface area contributed by atoms with Crippen molar-refractivity contribution in [3.8, 4) is 0 Å². The minimum atomic E-state index is -0.0833. The van der Waals surface area contributed by atoms with E-state index in [0.717, 1.165) is 58.8 Å². The lowest BCUT2D eigenvalue weighted by molar-refractivity contribution is -0.137. The van der Waals surface area contributed by atoms with Crippen molar-refractivity contribution in [3.63, 3.8) is 0 Å². The molecule has 20 heavy (non-hydrogen) atoms. The van der Waals surface area contributed by atoms with Crippen molar-refractivity contribution in [2.24, 2.45) is 0 Å². The van der Waals surface area contributed by atoms with Crippen LogP contribution in [0.4, 0.5) is 0 Å². The third kappa shape index (κ3) is 3.70. The van der Waals surface area contributed by atoms with Crippen LogP contribution in [0.1, 0.15) is 20.3 Å². The van der Waals surface area contributed by atoms with Crippen LogP contribution in [0, 0.1) is 0 Å². The predicted molar refractivity (Wildman–Crippen MR) is 77.4 cm³/mol. The number of carbonyl (C=O) groups excluding carboxylic acids is 2. The van der Waals surface area contributed by atoms with Gasteiger partial charge in [0, 0.05) is 59.3 Å². The Morgan fingerprint density at radius 3 is 2.30 bits per heavy atom. The summed E-state index contributed by atoms with van der Waals surface area (Å²) in [4.78, 5) is 30.0. The van der Waals surface area contributed by atoms with Gasteiger partial charge in [0.1, 0.15) is 0 Å². The quantitative estimate of drug-likeness (QED) is 0.732. The third-order valence-corrected chi connectivity index (χ3v) is 4.31. The van der Waals surface area contributed by atoms with Crippen molar-refractivity contribution in [2.45, 2.75) is 26.3 Å². The van der Waals surface area contributed by atoms with Gasteiger partial charge in [0.15, 0.2) is 0 Å². The molecule has 6 heteroatoms. The first-order chi connectivity index (χ1) is 9.59. The van der Waals surface area contributed by atoms with E-state index in [4.69, 9.17) is 0 Å². The molecular weight excluding hydrogens is 256 g/mol. The summed E-state index contributed by atoms with van der Waals surface area (Å²) in [6.45, 7) is 10.2. The monoisotopic (exact) mass is 282 g/mol. The van der Waals surface area contributed by atoms with Gasteiger partial charge in [0.2, 0.25) is 11.8 Å². The van der Waals surface area contributed by atoms with E-state index in [1.54, 1.807) is 6.92 Å². The van der Waals surface area contributed by atoms with Crippen molar-refractivity contribution in [1.29, 1.82) is 0 Å². The molecule has 0 aromatic carbocycles. The molecule has 0 saturated carbocycles. The van der Waals surface area contributed by atoms with Crippen molar-refractivity contribution >= 4 is 11.8 Å². The largest absolute Gasteiger partial charge is 0.342 e. The average Bonchev–Trinajstić information content (AvgIpc) is 2.72. The standard InChI is InChI=1S/C14H26N4O2/c1-12(14(20)18-8-4-15-5-9-18)16-6-3-7-17(11-10-16)13(2)19/h12,15H,3-11H2,1-2H3. The van der Waals surface area contributed by atoms with Crippen LogP contribution >= 0.6 is 0 Å². The van der Waals surface area contributed by atoms with E-state index in [9.17, 15) is 9.59 Å². The van der Waals surface area contributed by atoms with E-state index in [0.29, 0.717) is 0 Å². The SMILES string of the molecule is CC(=O)N1CCCN(C(C)C(=O)N2CCNCC2)CC1. The Balaban J connectivity index is 1.89. The van der Waals surface area contributed by atoms with E-state index in [2.05, 4.69) is 10.2 Å². The first-order valence-electron chi connectivity index (χ1n) is 7.58. The Kier molecular flexibility index (Phi) is 5.37. The smallest absolute Gasteiger partial charge is 0.239 e. The fourth-order valence-corrected chi connectivity index (χ4v) is 2.95. The van der Waals surface area contributed by atoms with Gasteiger partial charge in [0.25, 0.3) is 0 Å². The summed E-state index contributed by atoms with van der Waals surface area (Å²) < 4.78 is 0. The molecule has 0 aromatic heterocycles. The molecular formula is C14H26N4O2. The Morgan fingerprint density at radius 1 is 0.950 bits per heavy atom. The van der Waals surface area contributed by atoms with Gasteiger partial charge < -0.3 is 15.1 Å². The van der Waals surface area contributed by atoms with Crippen LogP contribution in [0.3, 0.4) is 0 Å². The van der Waals surface area contributed by atoms with Crippen molar-refractivity contribution in [2.75, 3.05) is 52.4 Å². The topological polar surface area (TPSA) is 55.9 Å². The van der Waals surface area contributed by atoms with E-state index in [-0.39, 0.29) is 17.9 Å². The van der Waals surface area contributed by atoms with Crippen LogP contribution in [-0.2, 0) is 9.59 Å². The second kappa shape index (κ2) is 7.04. The first-order valence-corrected chi connectivity index (χ1v) is 7.58. The number of rotatable bonds is 2. The van der Waals surface area contributed by atoms with E-state index < -0.39 is 0 Å². The van der Waals surface area contributed by atoms with Crippen LogP contribution in [0.2, 0.25) is 0 Å². The minimum absolute atomic E-state index is 0.0833. The predicted octanol–water partition coefficient (Wildman–Crippen LogP) is -0.639. The highest BCUT2D eigenvalue weighted by atomic mass is 16.2. The molecule has 1 unspecified atom stereocenters. The van der Waals surface area contributed by atoms with Crippen LogP contribution in [-0.4, -0.2) is 84.9 Å². The maximum Gasteiger partial charge on any atom is 0.239 e. The lowest BCUT2D eigenvalue weighted by atomic mass is 10.2. The number of carbonyl (C=O) groups is 2. The summed E-state index contributed by atoms with van der Waals surface area (Å²) in [5, 5.41) is 3.26. The van der Waals surface area contributed by atoms with Crippen LogP contribution in [0.15, 0.2) is 0 Å². The Bertz CT molecular complexity index is 355. The van der Waals surface area contributed by atoms with Gasteiger partial charge in [-0.2, -0.15) is 0 Å². The number of hydrogen-bond acceptors (Lipinski definition) is 4. The molecule has 2 fully saturated rings. The lowest BCUT2D eigenvalue weighted by Crippen LogP contribution is -2.53. The number of nitrogens with one attached hydrogen (secondary N) is 1. The average molecular weight is 282 g/mol. The van der Waals surface area contributed by atoms with Crippen LogP contribution in [0.5, 0.6) is 0 Å². The van der Waals surface area contributed by atoms with Crippen molar-refractivity contribution in [1.82, 2.24) is 20.0 Å². The number of hydrogen-bond donors (Lipinski definition) is 1. The summed E-state index contributed by atoms with van der Waals surface area (Å²) >= 11 is 0. The summed E-state index contributed by atoms with van der Waals surface area (Å²) in [5.74, 6) is 0.357. The fraction of sp³-hybridized carbons (Fsp3) is 0.857. The summed E-state index contributed by atoms with van der Waals surface area (Å²) in [6.07, 6.45) is 0.943. The number of nitrogens with zero attached hydrogens (tertiary/aromatic N) is 3. The summed E-state index contributed by atoms with van der Waals surface area (Å²) in [5.41, 5.74) is 0. The highest BCUT2D eigenvalue weighted by molar-refractivity contribution is 5.81. The molecule has 0 aliphatic carbocycles. The molecule has 2 heterocycles. The molecule has 0 radical (unpaired) electrons. The zero-order valence-corrected chi connectivity index (χ0v) is 12.6. The van der Waals surface area contributed by atoms with Gasteiger partial charge in [-0.1, -0.05) is 0 Å². The molecule has 2 aliphatic heterocycles. The van der Waals surface area contributed by atoms with Crippen LogP contribution < -0.4 is 5.32 Å². The number of amides is 2. The minimum Gasteiger partial charge on any atom is -0.342 e. The van der Waals surface area contributed by atoms with E-state index >= 15 is 0 Å². The molecule has 0 aromatic rings. The van der Waals surface area contributed by atoms with Gasteiger partial charge in [-0.05, 0) is 13.3 Å². The first kappa shape index (κ1) is 15.3. The molecule has 6 nitrogen and oxygen atoms in total. The highest BCUT2D eigenvalue weighted by Crippen LogP contribution is 2.10. The molecule has 0 spiro atoms. The molecule has 1 atom stereocenters. The molecule has 0 bridgehead atoms. The third-order valence-electron chi connectivity index (χ3n) is 4.31. The van der Waals surface area contributed by atoms with Gasteiger partial charge in [-0.25, -0.2) is 0 Å². The van der Waals surface area contributed by atoms with Gasteiger partial charge in [-0.15, -0.1) is 0 Å². The van der Waals surface area contributed by atoms with Gasteiger partial charge in [-0.3, -0.25) is 14.5 Å². The zero-order chi connectivity index (χ0) is 14.5. The normalized spacial score (nSPS) is 23.3. The zero-order valence-electron chi connectivity index (χ0n) is 12.6. The van der Waals surface area contributed by atoms with Gasteiger partial charge >= 0.3 is 0 Å². The molecule has 114 valence electrons. The van der Waals surface area contributed by atoms with Gasteiger partial charge in [0.05, 0.1) is 6.04 Å². The Morgan fingerprint density at radius 2 is 1.65 bits per heavy atom. The van der Waals surface area contributed by atoms with E-state index in [1.165, 1.54) is 0 Å². The fourth-order valence-electron chi connectivity index (χ4n) is 2.95. The maximum atomic E-state index is 12.5. The summed E-state index contributed by atoms with van der Waals surface area (Å²) in [7, 11) is 0. The highest BCUT2D eigenvalue weighted by Gasteiger charge is 2.28. The molecule has 2 rings (SSSR count). The maximum absolute atomic E-state index is 12.5. The van der Waals surface area contributed by atoms with Crippen molar-refractivity contribution < 1.29 is 9.59 Å². The molecule has 2 amide bonds. The second-order valence-corrected chi connectivity index (χ2v) is 5.65. The van der Waals surface area contributed by atoms with Crippen molar-refractivity contribution in [3.05, 3.63) is 0 Å². The Hall–Kier alpha value is -1.14. The molecule has 2 aliphatic rings. The van der Waals surface area contributed by atoms with E-state index in [1.807, 2.05) is 16.7 Å². The number of piperazine rings is 1. The summed E-state index contributed by atoms with van der Waals surface area (Å²) in [6, 6.07) is -0.0833. The lowest BCUT2D eigenvalue weighted by Gasteiger charge is -2.34. The molecule has 1 N–H and O–H groups in total. The second-order valence-electron chi connectivity index (χ2n) is 5.65.